The standard InChI is InChI=1S/C7H8AsBr/c8-5-6-2-1-3-7(9)4-6/h1-4H,5,8H2. The van der Waals surface area contributed by atoms with Gasteiger partial charge in [-0.1, -0.05) is 0 Å². The Morgan fingerprint density at radius 1 is 1.44 bits per heavy atom. The second-order valence-electron chi connectivity index (χ2n) is 1.83. The van der Waals surface area contributed by atoms with Crippen LogP contribution in [0.2, 0.25) is 0 Å². The van der Waals surface area contributed by atoms with Crippen molar-refractivity contribution in [1.82, 2.24) is 0 Å². The third-order valence-electron chi connectivity index (χ3n) is 1.12. The quantitative estimate of drug-likeness (QED) is 0.661. The Hall–Kier alpha value is 0.258. The molecule has 0 aromatic heterocycles. The minimum absolute atomic E-state index is 1.17. The zero-order valence-electron chi connectivity index (χ0n) is 4.97. The van der Waals surface area contributed by atoms with Crippen LogP contribution in [0.4, 0.5) is 0 Å². The Labute approximate surface area is 72.3 Å². The van der Waals surface area contributed by atoms with E-state index in [4.69, 9.17) is 0 Å². The van der Waals surface area contributed by atoms with E-state index in [2.05, 4.69) is 34.1 Å². The minimum atomic E-state index is 1.17. The molecule has 1 aromatic carbocycles. The van der Waals surface area contributed by atoms with E-state index in [0.29, 0.717) is 0 Å². The fraction of sp³-hybridized carbons (Fsp3) is 0.143. The van der Waals surface area contributed by atoms with Gasteiger partial charge in [-0.3, -0.25) is 0 Å². The summed E-state index contributed by atoms with van der Waals surface area (Å²) in [5, 5.41) is 1.17. The van der Waals surface area contributed by atoms with E-state index in [1.54, 1.807) is 16.9 Å². The van der Waals surface area contributed by atoms with Crippen LogP contribution >= 0.6 is 15.9 Å². The molecule has 9 heavy (non-hydrogen) atoms. The SMILES string of the molecule is [AsH2]Cc1cccc(Br)c1. The normalized spacial score (nSPS) is 9.56. The monoisotopic (exact) mass is 246 g/mol. The first-order valence-electron chi connectivity index (χ1n) is 2.77. The molecular formula is C7H8AsBr. The van der Waals surface area contributed by atoms with Gasteiger partial charge in [0, 0.05) is 0 Å². The van der Waals surface area contributed by atoms with E-state index in [1.807, 2.05) is 6.07 Å². The fourth-order valence-electron chi connectivity index (χ4n) is 0.664. The summed E-state index contributed by atoms with van der Waals surface area (Å²) in [5.74, 6) is 0. The van der Waals surface area contributed by atoms with Gasteiger partial charge in [0.05, 0.1) is 0 Å². The van der Waals surface area contributed by atoms with Crippen molar-refractivity contribution in [3.05, 3.63) is 34.3 Å². The van der Waals surface area contributed by atoms with E-state index in [0.717, 1.165) is 0 Å². The molecule has 0 aliphatic rings. The van der Waals surface area contributed by atoms with Crippen molar-refractivity contribution in [3.63, 3.8) is 0 Å². The summed E-state index contributed by atoms with van der Waals surface area (Å²) in [6.07, 6.45) is 0. The topological polar surface area (TPSA) is 0 Å². The van der Waals surface area contributed by atoms with Gasteiger partial charge >= 0.3 is 72.3 Å². The average Bonchev–Trinajstić information content (AvgIpc) is 1.88. The molecule has 0 fully saturated rings. The molecule has 0 bridgehead atoms. The number of hydrogen-bond donors (Lipinski definition) is 0. The third-order valence-corrected chi connectivity index (χ3v) is 2.61. The van der Waals surface area contributed by atoms with E-state index < -0.39 is 0 Å². The molecule has 0 saturated heterocycles. The Morgan fingerprint density at radius 2 is 2.22 bits per heavy atom. The summed E-state index contributed by atoms with van der Waals surface area (Å²) < 4.78 is 1.18. The third kappa shape index (κ3) is 2.15. The molecule has 0 heterocycles. The summed E-state index contributed by atoms with van der Waals surface area (Å²) in [6.45, 7) is 0. The molecule has 1 unspecified atom stereocenters. The molecule has 2 heteroatoms. The second kappa shape index (κ2) is 3.43. The molecule has 0 radical (unpaired) electrons. The summed E-state index contributed by atoms with van der Waals surface area (Å²) >= 11 is 5.16. The Balaban J connectivity index is 2.94. The molecule has 1 atom stereocenters. The molecule has 0 saturated carbocycles. The second-order valence-corrected chi connectivity index (χ2v) is 3.61. The van der Waals surface area contributed by atoms with Crippen LogP contribution < -0.4 is 0 Å². The first kappa shape index (κ1) is 7.37. The van der Waals surface area contributed by atoms with Crippen LogP contribution in [-0.2, 0) is 5.21 Å². The Kier molecular flexibility index (Phi) is 2.81. The predicted molar refractivity (Wildman–Crippen MR) is 46.4 cm³/mol. The number of benzene rings is 1. The molecular weight excluding hydrogens is 239 g/mol. The molecule has 0 amide bonds. The van der Waals surface area contributed by atoms with Crippen LogP contribution in [-0.4, -0.2) is 16.9 Å². The van der Waals surface area contributed by atoms with E-state index in [1.165, 1.54) is 15.2 Å². The molecule has 1 aromatic rings. The first-order valence-corrected chi connectivity index (χ1v) is 5.28. The van der Waals surface area contributed by atoms with Crippen LogP contribution in [0.5, 0.6) is 0 Å². The zero-order chi connectivity index (χ0) is 6.69. The Bertz CT molecular complexity index is 198. The van der Waals surface area contributed by atoms with Gasteiger partial charge in [0.2, 0.25) is 0 Å². The van der Waals surface area contributed by atoms with Crippen molar-refractivity contribution in [3.8, 4) is 0 Å². The Morgan fingerprint density at radius 3 is 2.67 bits per heavy atom. The van der Waals surface area contributed by atoms with Gasteiger partial charge < -0.3 is 0 Å². The van der Waals surface area contributed by atoms with Crippen molar-refractivity contribution < 1.29 is 0 Å². The van der Waals surface area contributed by atoms with Gasteiger partial charge in [0.1, 0.15) is 0 Å². The fourth-order valence-corrected chi connectivity index (χ4v) is 1.64. The van der Waals surface area contributed by atoms with E-state index in [-0.39, 0.29) is 0 Å². The summed E-state index contributed by atoms with van der Waals surface area (Å²) in [6, 6.07) is 8.42. The van der Waals surface area contributed by atoms with Gasteiger partial charge in [0.25, 0.3) is 0 Å². The number of rotatable bonds is 1. The van der Waals surface area contributed by atoms with Gasteiger partial charge in [-0.05, 0) is 0 Å². The van der Waals surface area contributed by atoms with Crippen molar-refractivity contribution in [2.75, 3.05) is 0 Å². The average molecular weight is 247 g/mol. The maximum atomic E-state index is 3.41. The van der Waals surface area contributed by atoms with Gasteiger partial charge in [-0.25, -0.2) is 0 Å². The van der Waals surface area contributed by atoms with Crippen molar-refractivity contribution in [2.45, 2.75) is 5.21 Å². The molecule has 0 N–H and O–H groups in total. The zero-order valence-corrected chi connectivity index (χ0v) is 8.98. The molecule has 0 spiro atoms. The summed E-state index contributed by atoms with van der Waals surface area (Å²) in [7, 11) is 0. The first-order chi connectivity index (χ1) is 4.33. The van der Waals surface area contributed by atoms with Crippen LogP contribution in [0.25, 0.3) is 0 Å². The molecule has 0 aliphatic carbocycles. The van der Waals surface area contributed by atoms with Crippen LogP contribution in [0.15, 0.2) is 28.7 Å². The molecule has 0 nitrogen and oxygen atoms in total. The number of hydrogen-bond acceptors (Lipinski definition) is 0. The molecule has 48 valence electrons. The van der Waals surface area contributed by atoms with Crippen molar-refractivity contribution in [1.29, 1.82) is 0 Å². The van der Waals surface area contributed by atoms with Crippen molar-refractivity contribution >= 4 is 32.8 Å². The summed E-state index contributed by atoms with van der Waals surface area (Å²) in [4.78, 5) is 0. The van der Waals surface area contributed by atoms with Gasteiger partial charge in [-0.15, -0.1) is 0 Å². The summed E-state index contributed by atoms with van der Waals surface area (Å²) in [5.41, 5.74) is 1.41. The molecule has 1 rings (SSSR count). The van der Waals surface area contributed by atoms with Crippen LogP contribution in [0.3, 0.4) is 0 Å². The van der Waals surface area contributed by atoms with Crippen LogP contribution in [0, 0.1) is 0 Å². The van der Waals surface area contributed by atoms with Gasteiger partial charge in [0.15, 0.2) is 0 Å². The van der Waals surface area contributed by atoms with Crippen LogP contribution in [0.1, 0.15) is 5.56 Å². The number of halogens is 1. The molecule has 0 aliphatic heterocycles. The van der Waals surface area contributed by atoms with E-state index in [9.17, 15) is 0 Å². The predicted octanol–water partition coefficient (Wildman–Crippen LogP) is 1.58. The van der Waals surface area contributed by atoms with E-state index >= 15 is 0 Å². The maximum absolute atomic E-state index is 3.41. The van der Waals surface area contributed by atoms with Crippen molar-refractivity contribution in [2.24, 2.45) is 0 Å². The van der Waals surface area contributed by atoms with Gasteiger partial charge in [-0.2, -0.15) is 0 Å².